The first-order chi connectivity index (χ1) is 9.99. The first-order valence-electron chi connectivity index (χ1n) is 6.95. The van der Waals surface area contributed by atoms with E-state index in [0.29, 0.717) is 18.7 Å². The fourth-order valence-electron chi connectivity index (χ4n) is 2.07. The summed E-state index contributed by atoms with van der Waals surface area (Å²) in [5.41, 5.74) is 1.36. The van der Waals surface area contributed by atoms with Crippen LogP contribution in [0, 0.1) is 5.82 Å². The van der Waals surface area contributed by atoms with Crippen LogP contribution in [0.15, 0.2) is 24.3 Å². The first kappa shape index (κ1) is 17.2. The van der Waals surface area contributed by atoms with E-state index in [4.69, 9.17) is 9.84 Å². The SMILES string of the molecule is CCC(C)N(CCOC)c1ccc(F)cc1C=CC(=O)O. The molecule has 0 saturated heterocycles. The van der Waals surface area contributed by atoms with Gasteiger partial charge in [0.05, 0.1) is 6.61 Å². The number of rotatable bonds is 8. The predicted octanol–water partition coefficient (Wildman–Crippen LogP) is 3.17. The van der Waals surface area contributed by atoms with E-state index in [-0.39, 0.29) is 11.9 Å². The van der Waals surface area contributed by atoms with Gasteiger partial charge in [-0.2, -0.15) is 0 Å². The molecular formula is C16H22FNO3. The molecule has 0 aliphatic rings. The average molecular weight is 295 g/mol. The topological polar surface area (TPSA) is 49.8 Å². The smallest absolute Gasteiger partial charge is 0.328 e. The number of carbonyl (C=O) groups is 1. The first-order valence-corrected chi connectivity index (χ1v) is 6.95. The van der Waals surface area contributed by atoms with Crippen LogP contribution in [-0.2, 0) is 9.53 Å². The molecular weight excluding hydrogens is 273 g/mol. The number of carboxylic acids is 1. The Morgan fingerprint density at radius 1 is 1.52 bits per heavy atom. The highest BCUT2D eigenvalue weighted by Gasteiger charge is 2.16. The van der Waals surface area contributed by atoms with E-state index in [1.54, 1.807) is 13.2 Å². The van der Waals surface area contributed by atoms with Crippen LogP contribution < -0.4 is 4.90 Å². The average Bonchev–Trinajstić information content (AvgIpc) is 2.46. The molecule has 0 radical (unpaired) electrons. The third-order valence-electron chi connectivity index (χ3n) is 3.36. The molecule has 0 spiro atoms. The van der Waals surface area contributed by atoms with Crippen LogP contribution in [0.1, 0.15) is 25.8 Å². The molecule has 0 saturated carbocycles. The van der Waals surface area contributed by atoms with Crippen LogP contribution in [0.4, 0.5) is 10.1 Å². The van der Waals surface area contributed by atoms with E-state index in [1.165, 1.54) is 18.2 Å². The zero-order valence-corrected chi connectivity index (χ0v) is 12.7. The number of hydrogen-bond acceptors (Lipinski definition) is 3. The Hall–Kier alpha value is -1.88. The normalized spacial score (nSPS) is 12.6. The maximum absolute atomic E-state index is 13.4. The van der Waals surface area contributed by atoms with Gasteiger partial charge in [-0.25, -0.2) is 9.18 Å². The number of hydrogen-bond donors (Lipinski definition) is 1. The van der Waals surface area contributed by atoms with Gasteiger partial charge in [-0.3, -0.25) is 0 Å². The fraction of sp³-hybridized carbons (Fsp3) is 0.438. The number of aliphatic carboxylic acids is 1. The molecule has 0 amide bonds. The van der Waals surface area contributed by atoms with Crippen LogP contribution in [0.2, 0.25) is 0 Å². The highest BCUT2D eigenvalue weighted by atomic mass is 19.1. The van der Waals surface area contributed by atoms with Gasteiger partial charge in [0.15, 0.2) is 0 Å². The van der Waals surface area contributed by atoms with Crippen molar-refractivity contribution in [2.75, 3.05) is 25.2 Å². The van der Waals surface area contributed by atoms with E-state index in [9.17, 15) is 9.18 Å². The zero-order chi connectivity index (χ0) is 15.8. The molecule has 21 heavy (non-hydrogen) atoms. The molecule has 0 aliphatic carbocycles. The molecule has 0 aromatic heterocycles. The molecule has 0 bridgehead atoms. The third kappa shape index (κ3) is 5.19. The maximum atomic E-state index is 13.4. The predicted molar refractivity (Wildman–Crippen MR) is 82.0 cm³/mol. The minimum absolute atomic E-state index is 0.239. The summed E-state index contributed by atoms with van der Waals surface area (Å²) < 4.78 is 18.6. The van der Waals surface area contributed by atoms with E-state index >= 15 is 0 Å². The van der Waals surface area contributed by atoms with Crippen molar-refractivity contribution in [3.63, 3.8) is 0 Å². The van der Waals surface area contributed by atoms with Crippen molar-refractivity contribution in [3.05, 3.63) is 35.7 Å². The summed E-state index contributed by atoms with van der Waals surface area (Å²) in [7, 11) is 1.63. The van der Waals surface area contributed by atoms with Crippen molar-refractivity contribution >= 4 is 17.7 Å². The van der Waals surface area contributed by atoms with Crippen LogP contribution in [0.3, 0.4) is 0 Å². The third-order valence-corrected chi connectivity index (χ3v) is 3.36. The van der Waals surface area contributed by atoms with Crippen molar-refractivity contribution < 1.29 is 19.0 Å². The molecule has 4 nitrogen and oxygen atoms in total. The Morgan fingerprint density at radius 2 is 2.24 bits per heavy atom. The maximum Gasteiger partial charge on any atom is 0.328 e. The second kappa shape index (κ2) is 8.42. The highest BCUT2D eigenvalue weighted by molar-refractivity contribution is 5.87. The van der Waals surface area contributed by atoms with E-state index in [2.05, 4.69) is 18.7 Å². The quantitative estimate of drug-likeness (QED) is 0.748. The van der Waals surface area contributed by atoms with Crippen LogP contribution >= 0.6 is 0 Å². The Bertz CT molecular complexity index is 502. The number of halogens is 1. The van der Waals surface area contributed by atoms with E-state index in [1.807, 2.05) is 0 Å². The van der Waals surface area contributed by atoms with Crippen molar-refractivity contribution in [2.24, 2.45) is 0 Å². The number of ether oxygens (including phenoxy) is 1. The van der Waals surface area contributed by atoms with Crippen LogP contribution in [-0.4, -0.2) is 37.4 Å². The largest absolute Gasteiger partial charge is 0.478 e. The van der Waals surface area contributed by atoms with Gasteiger partial charge in [-0.15, -0.1) is 0 Å². The Kier molecular flexibility index (Phi) is 6.88. The lowest BCUT2D eigenvalue weighted by atomic mass is 10.1. The lowest BCUT2D eigenvalue weighted by Crippen LogP contribution is -2.35. The van der Waals surface area contributed by atoms with E-state index < -0.39 is 5.97 Å². The van der Waals surface area contributed by atoms with Crippen molar-refractivity contribution in [2.45, 2.75) is 26.3 Å². The van der Waals surface area contributed by atoms with Crippen molar-refractivity contribution in [1.29, 1.82) is 0 Å². The monoisotopic (exact) mass is 295 g/mol. The number of methoxy groups -OCH3 is 1. The van der Waals surface area contributed by atoms with Gasteiger partial charge in [0, 0.05) is 37.0 Å². The summed E-state index contributed by atoms with van der Waals surface area (Å²) in [5, 5.41) is 8.76. The molecule has 1 atom stereocenters. The second-order valence-electron chi connectivity index (χ2n) is 4.82. The molecule has 1 aromatic carbocycles. The summed E-state index contributed by atoms with van der Waals surface area (Å²) in [6.45, 7) is 5.35. The van der Waals surface area contributed by atoms with Gasteiger partial charge < -0.3 is 14.7 Å². The fourth-order valence-corrected chi connectivity index (χ4v) is 2.07. The Labute approximate surface area is 124 Å². The summed E-state index contributed by atoms with van der Waals surface area (Å²) in [6, 6.07) is 4.65. The van der Waals surface area contributed by atoms with Gasteiger partial charge in [-0.05, 0) is 37.6 Å². The summed E-state index contributed by atoms with van der Waals surface area (Å²) >= 11 is 0. The van der Waals surface area contributed by atoms with Gasteiger partial charge in [0.1, 0.15) is 5.82 Å². The number of benzene rings is 1. The van der Waals surface area contributed by atoms with Gasteiger partial charge in [-0.1, -0.05) is 6.92 Å². The van der Waals surface area contributed by atoms with Crippen LogP contribution in [0.25, 0.3) is 6.08 Å². The molecule has 0 aliphatic heterocycles. The standard InChI is InChI=1S/C16H22FNO3/c1-4-12(2)18(9-10-21-3)15-7-6-14(17)11-13(15)5-8-16(19)20/h5-8,11-12H,4,9-10H2,1-3H3,(H,19,20). The molecule has 5 heteroatoms. The molecule has 0 fully saturated rings. The van der Waals surface area contributed by atoms with Crippen molar-refractivity contribution in [3.8, 4) is 0 Å². The summed E-state index contributed by atoms with van der Waals surface area (Å²) in [4.78, 5) is 12.8. The Balaban J connectivity index is 3.19. The minimum Gasteiger partial charge on any atom is -0.478 e. The zero-order valence-electron chi connectivity index (χ0n) is 12.7. The summed E-state index contributed by atoms with van der Waals surface area (Å²) in [5.74, 6) is -1.45. The van der Waals surface area contributed by atoms with Gasteiger partial charge >= 0.3 is 5.97 Å². The highest BCUT2D eigenvalue weighted by Crippen LogP contribution is 2.26. The number of anilines is 1. The lowest BCUT2D eigenvalue weighted by Gasteiger charge is -2.32. The van der Waals surface area contributed by atoms with E-state index in [0.717, 1.165) is 18.2 Å². The number of nitrogens with zero attached hydrogens (tertiary/aromatic N) is 1. The number of carboxylic acid groups (broad SMARTS) is 1. The molecule has 0 heterocycles. The van der Waals surface area contributed by atoms with Gasteiger partial charge in [0.25, 0.3) is 0 Å². The summed E-state index contributed by atoms with van der Waals surface area (Å²) in [6.07, 6.45) is 3.36. The molecule has 1 rings (SSSR count). The lowest BCUT2D eigenvalue weighted by molar-refractivity contribution is -0.131. The minimum atomic E-state index is -1.06. The molecule has 1 N–H and O–H groups in total. The second-order valence-corrected chi connectivity index (χ2v) is 4.82. The van der Waals surface area contributed by atoms with Crippen LogP contribution in [0.5, 0.6) is 0 Å². The molecule has 1 aromatic rings. The Morgan fingerprint density at radius 3 is 2.81 bits per heavy atom. The van der Waals surface area contributed by atoms with Gasteiger partial charge in [0.2, 0.25) is 0 Å². The molecule has 1 unspecified atom stereocenters. The molecule has 116 valence electrons. The van der Waals surface area contributed by atoms with Crippen molar-refractivity contribution in [1.82, 2.24) is 0 Å².